The number of nitrogens with zero attached hydrogens (tertiary/aromatic N) is 1. The summed E-state index contributed by atoms with van der Waals surface area (Å²) in [5.74, 6) is 0.826. The van der Waals surface area contributed by atoms with Crippen LogP contribution in [-0.2, 0) is 4.79 Å². The van der Waals surface area contributed by atoms with E-state index in [1.54, 1.807) is 11.8 Å². The first-order valence-electron chi connectivity index (χ1n) is 7.20. The second-order valence-corrected chi connectivity index (χ2v) is 7.39. The molecule has 3 nitrogen and oxygen atoms in total. The molecule has 21 heavy (non-hydrogen) atoms. The molecule has 1 N–H and O–H groups in total. The van der Waals surface area contributed by atoms with E-state index in [0.29, 0.717) is 0 Å². The van der Waals surface area contributed by atoms with E-state index in [0.717, 1.165) is 35.9 Å². The van der Waals surface area contributed by atoms with Crippen LogP contribution in [0.25, 0.3) is 0 Å². The number of nitriles is 1. The van der Waals surface area contributed by atoms with Crippen LogP contribution in [-0.4, -0.2) is 18.2 Å². The molecule has 1 aliphatic carbocycles. The number of carbonyl (C=O) groups excluding carboxylic acids is 1. The third kappa shape index (κ3) is 4.49. The highest BCUT2D eigenvalue weighted by atomic mass is 79.9. The van der Waals surface area contributed by atoms with Gasteiger partial charge in [-0.15, -0.1) is 11.8 Å². The SMILES string of the molecule is N#CCNC(=O)C1(CSc2cccc(Br)c2)CCCCC1. The van der Waals surface area contributed by atoms with Gasteiger partial charge in [-0.2, -0.15) is 5.26 Å². The third-order valence-corrected chi connectivity index (χ3v) is 5.71. The molecule has 5 heteroatoms. The van der Waals surface area contributed by atoms with Crippen LogP contribution in [0.2, 0.25) is 0 Å². The van der Waals surface area contributed by atoms with E-state index in [1.165, 1.54) is 11.3 Å². The highest BCUT2D eigenvalue weighted by Gasteiger charge is 2.39. The molecule has 0 saturated heterocycles. The Morgan fingerprint density at radius 2 is 2.14 bits per heavy atom. The van der Waals surface area contributed by atoms with Crippen molar-refractivity contribution in [3.63, 3.8) is 0 Å². The normalized spacial score (nSPS) is 17.0. The lowest BCUT2D eigenvalue weighted by Crippen LogP contribution is -2.44. The minimum absolute atomic E-state index is 0.0475. The lowest BCUT2D eigenvalue weighted by molar-refractivity contribution is -0.131. The van der Waals surface area contributed by atoms with Crippen LogP contribution in [0, 0.1) is 16.7 Å². The van der Waals surface area contributed by atoms with Crippen LogP contribution in [0.4, 0.5) is 0 Å². The molecule has 0 spiro atoms. The second kappa shape index (κ2) is 7.86. The van der Waals surface area contributed by atoms with Gasteiger partial charge in [-0.1, -0.05) is 41.3 Å². The van der Waals surface area contributed by atoms with E-state index in [2.05, 4.69) is 33.4 Å². The Bertz CT molecular complexity index is 535. The van der Waals surface area contributed by atoms with Crippen LogP contribution >= 0.6 is 27.7 Å². The monoisotopic (exact) mass is 366 g/mol. The topological polar surface area (TPSA) is 52.9 Å². The van der Waals surface area contributed by atoms with Crippen molar-refractivity contribution in [3.05, 3.63) is 28.7 Å². The lowest BCUT2D eigenvalue weighted by Gasteiger charge is -2.35. The van der Waals surface area contributed by atoms with Gasteiger partial charge in [0.1, 0.15) is 6.54 Å². The fourth-order valence-corrected chi connectivity index (χ4v) is 4.55. The standard InChI is InChI=1S/C16H19BrN2OS/c17-13-5-4-6-14(11-13)21-12-16(7-2-1-3-8-16)15(20)19-10-9-18/h4-6,11H,1-3,7-8,10,12H2,(H,19,20). The van der Waals surface area contributed by atoms with Gasteiger partial charge in [0.05, 0.1) is 11.5 Å². The molecule has 2 rings (SSSR count). The van der Waals surface area contributed by atoms with Crippen LogP contribution in [0.5, 0.6) is 0 Å². The Balaban J connectivity index is 2.05. The first-order valence-corrected chi connectivity index (χ1v) is 8.98. The molecular weight excluding hydrogens is 348 g/mol. The second-order valence-electron chi connectivity index (χ2n) is 5.43. The van der Waals surface area contributed by atoms with Gasteiger partial charge in [-0.25, -0.2) is 0 Å². The van der Waals surface area contributed by atoms with Gasteiger partial charge in [-0.3, -0.25) is 4.79 Å². The molecule has 1 aliphatic rings. The summed E-state index contributed by atoms with van der Waals surface area (Å²) in [6, 6.07) is 10.1. The number of hydrogen-bond donors (Lipinski definition) is 1. The van der Waals surface area contributed by atoms with Crippen molar-refractivity contribution in [2.75, 3.05) is 12.3 Å². The largest absolute Gasteiger partial charge is 0.342 e. The molecule has 0 bridgehead atoms. The van der Waals surface area contributed by atoms with Crippen molar-refractivity contribution in [2.24, 2.45) is 5.41 Å². The first kappa shape index (κ1) is 16.4. The first-order chi connectivity index (χ1) is 10.2. The van der Waals surface area contributed by atoms with Gasteiger partial charge < -0.3 is 5.32 Å². The van der Waals surface area contributed by atoms with Crippen LogP contribution < -0.4 is 5.32 Å². The number of amides is 1. The van der Waals surface area contributed by atoms with Crippen LogP contribution in [0.15, 0.2) is 33.6 Å². The molecule has 1 amide bonds. The lowest BCUT2D eigenvalue weighted by atomic mass is 9.75. The average Bonchev–Trinajstić information content (AvgIpc) is 2.51. The van der Waals surface area contributed by atoms with E-state index in [9.17, 15) is 4.79 Å². The van der Waals surface area contributed by atoms with Gasteiger partial charge in [0, 0.05) is 15.1 Å². The molecule has 0 aromatic heterocycles. The van der Waals surface area contributed by atoms with Gasteiger partial charge in [0.15, 0.2) is 0 Å². The van der Waals surface area contributed by atoms with E-state index in [-0.39, 0.29) is 17.9 Å². The Morgan fingerprint density at radius 3 is 2.81 bits per heavy atom. The molecule has 1 fully saturated rings. The summed E-state index contributed by atoms with van der Waals surface area (Å²) < 4.78 is 1.05. The average molecular weight is 367 g/mol. The molecule has 1 aromatic rings. The van der Waals surface area contributed by atoms with Crippen molar-refractivity contribution in [3.8, 4) is 6.07 Å². The summed E-state index contributed by atoms with van der Waals surface area (Å²) in [4.78, 5) is 13.7. The van der Waals surface area contributed by atoms with Gasteiger partial charge in [0.25, 0.3) is 0 Å². The van der Waals surface area contributed by atoms with Crippen LogP contribution in [0.1, 0.15) is 32.1 Å². The van der Waals surface area contributed by atoms with Crippen molar-refractivity contribution in [2.45, 2.75) is 37.0 Å². The number of thioether (sulfide) groups is 1. The fraction of sp³-hybridized carbons (Fsp3) is 0.500. The maximum Gasteiger partial charge on any atom is 0.227 e. The number of carbonyl (C=O) groups is 1. The van der Waals surface area contributed by atoms with E-state index in [1.807, 2.05) is 18.2 Å². The predicted molar refractivity (Wildman–Crippen MR) is 89.0 cm³/mol. The summed E-state index contributed by atoms with van der Waals surface area (Å²) in [5, 5.41) is 11.4. The number of rotatable bonds is 5. The zero-order valence-electron chi connectivity index (χ0n) is 11.9. The molecule has 0 unspecified atom stereocenters. The Hall–Kier alpha value is -0.990. The van der Waals surface area contributed by atoms with Crippen molar-refractivity contribution in [1.29, 1.82) is 5.26 Å². The smallest absolute Gasteiger partial charge is 0.227 e. The summed E-state index contributed by atoms with van der Waals surface area (Å²) in [7, 11) is 0. The van der Waals surface area contributed by atoms with Crippen LogP contribution in [0.3, 0.4) is 0 Å². The van der Waals surface area contributed by atoms with Gasteiger partial charge in [0.2, 0.25) is 5.91 Å². The van der Waals surface area contributed by atoms with E-state index in [4.69, 9.17) is 5.26 Å². The molecule has 0 aliphatic heterocycles. The van der Waals surface area contributed by atoms with Crippen molar-refractivity contribution >= 4 is 33.6 Å². The molecule has 112 valence electrons. The molecular formula is C16H19BrN2OS. The molecule has 0 heterocycles. The van der Waals surface area contributed by atoms with Crippen molar-refractivity contribution in [1.82, 2.24) is 5.32 Å². The summed E-state index contributed by atoms with van der Waals surface area (Å²) in [6.45, 7) is 0.0993. The summed E-state index contributed by atoms with van der Waals surface area (Å²) >= 11 is 5.20. The highest BCUT2D eigenvalue weighted by molar-refractivity contribution is 9.10. The fourth-order valence-electron chi connectivity index (χ4n) is 2.75. The molecule has 0 radical (unpaired) electrons. The minimum atomic E-state index is -0.317. The predicted octanol–water partition coefficient (Wildman–Crippen LogP) is 4.13. The highest BCUT2D eigenvalue weighted by Crippen LogP contribution is 2.41. The van der Waals surface area contributed by atoms with Gasteiger partial charge >= 0.3 is 0 Å². The third-order valence-electron chi connectivity index (χ3n) is 3.93. The maximum atomic E-state index is 12.5. The van der Waals surface area contributed by atoms with E-state index < -0.39 is 0 Å². The quantitative estimate of drug-likeness (QED) is 0.629. The number of halogens is 1. The van der Waals surface area contributed by atoms with Crippen molar-refractivity contribution < 1.29 is 4.79 Å². The number of nitrogens with one attached hydrogen (secondary N) is 1. The number of hydrogen-bond acceptors (Lipinski definition) is 3. The number of benzene rings is 1. The summed E-state index contributed by atoms with van der Waals surface area (Å²) in [5.41, 5.74) is -0.317. The van der Waals surface area contributed by atoms with Gasteiger partial charge in [-0.05, 0) is 31.0 Å². The zero-order valence-corrected chi connectivity index (χ0v) is 14.3. The summed E-state index contributed by atoms with van der Waals surface area (Å²) in [6.07, 6.45) is 5.24. The molecule has 1 aromatic carbocycles. The zero-order chi connectivity index (χ0) is 15.1. The molecule has 1 saturated carbocycles. The Kier molecular flexibility index (Phi) is 6.13. The molecule has 0 atom stereocenters. The Morgan fingerprint density at radius 1 is 1.38 bits per heavy atom. The minimum Gasteiger partial charge on any atom is -0.342 e. The van der Waals surface area contributed by atoms with E-state index >= 15 is 0 Å². The maximum absolute atomic E-state index is 12.5. The Labute approximate surface area is 138 Å².